The lowest BCUT2D eigenvalue weighted by Gasteiger charge is -2.45. The molecule has 0 aliphatic heterocycles. The number of hydrogen-bond donors (Lipinski definition) is 1. The number of hydrogen-bond acceptors (Lipinski definition) is 4. The maximum Gasteiger partial charge on any atom is 0.289 e. The van der Waals surface area contributed by atoms with E-state index in [1.165, 1.54) is 0 Å². The predicted octanol–water partition coefficient (Wildman–Crippen LogP) is 8.21. The summed E-state index contributed by atoms with van der Waals surface area (Å²) in [6.45, 7) is 6.65. The molecule has 2 unspecified atom stereocenters. The highest BCUT2D eigenvalue weighted by Gasteiger charge is 2.48. The highest BCUT2D eigenvalue weighted by molar-refractivity contribution is 7.22. The lowest BCUT2D eigenvalue weighted by Crippen LogP contribution is -2.45. The van der Waals surface area contributed by atoms with Crippen molar-refractivity contribution in [3.63, 3.8) is 0 Å². The number of nitrogens with two attached hydrogens (primary N) is 1. The number of carbonyl (C=O) groups excluding carboxylic acids is 2. The molecular formula is C37H33N2O3SSi. The highest BCUT2D eigenvalue weighted by Crippen LogP contribution is 2.52. The molecule has 0 saturated heterocycles. The normalized spacial score (nSPS) is 14.0. The van der Waals surface area contributed by atoms with Gasteiger partial charge in [-0.1, -0.05) is 118 Å². The number of ketones is 1. The Morgan fingerprint density at radius 3 is 2.11 bits per heavy atom. The van der Waals surface area contributed by atoms with Crippen LogP contribution >= 0.6 is 11.3 Å². The molecule has 0 saturated carbocycles. The first-order chi connectivity index (χ1) is 21.2. The van der Waals surface area contributed by atoms with Gasteiger partial charge in [0.1, 0.15) is 0 Å². The summed E-state index contributed by atoms with van der Waals surface area (Å²) < 4.78 is 9.90. The van der Waals surface area contributed by atoms with Gasteiger partial charge in [-0.05, 0) is 41.0 Å². The molecule has 1 amide bonds. The quantitative estimate of drug-likeness (QED) is 0.101. The molecule has 5 nitrogen and oxygen atoms in total. The van der Waals surface area contributed by atoms with Gasteiger partial charge in [0.15, 0.2) is 5.72 Å². The monoisotopic (exact) mass is 613 g/mol. The molecule has 6 aromatic rings. The van der Waals surface area contributed by atoms with Crippen LogP contribution in [-0.2, 0) is 14.9 Å². The second-order valence-corrected chi connectivity index (χ2v) is 13.6. The Morgan fingerprint density at radius 1 is 0.864 bits per heavy atom. The molecule has 219 valence electrons. The van der Waals surface area contributed by atoms with Gasteiger partial charge in [-0.2, -0.15) is 0 Å². The topological polar surface area (TPSA) is 74.3 Å². The molecule has 0 aliphatic rings. The van der Waals surface area contributed by atoms with Crippen LogP contribution in [0.1, 0.15) is 54.6 Å². The van der Waals surface area contributed by atoms with Crippen molar-refractivity contribution >= 4 is 54.5 Å². The van der Waals surface area contributed by atoms with Gasteiger partial charge in [-0.15, -0.1) is 11.3 Å². The molecule has 7 heteroatoms. The van der Waals surface area contributed by atoms with Crippen LogP contribution in [0.25, 0.3) is 31.6 Å². The minimum atomic E-state index is -1.21. The summed E-state index contributed by atoms with van der Waals surface area (Å²) in [5.41, 5.74) is 7.99. The number of thiophene rings is 1. The van der Waals surface area contributed by atoms with Crippen molar-refractivity contribution in [1.82, 2.24) is 4.57 Å². The molecule has 6 rings (SSSR count). The molecule has 0 aliphatic carbocycles. The number of fused-ring (bicyclic) bond motifs is 2. The summed E-state index contributed by atoms with van der Waals surface area (Å²) in [5.74, 6) is -1.99. The van der Waals surface area contributed by atoms with Crippen LogP contribution in [0.3, 0.4) is 0 Å². The van der Waals surface area contributed by atoms with Crippen LogP contribution in [0.4, 0.5) is 0 Å². The van der Waals surface area contributed by atoms with Gasteiger partial charge in [-0.3, -0.25) is 9.59 Å². The van der Waals surface area contributed by atoms with Crippen LogP contribution in [0.5, 0.6) is 0 Å². The number of nitrogens with zero attached hydrogens (tertiary/aromatic N) is 1. The summed E-state index contributed by atoms with van der Waals surface area (Å²) in [6, 6.07) is 38.3. The van der Waals surface area contributed by atoms with Gasteiger partial charge in [0, 0.05) is 21.6 Å². The lowest BCUT2D eigenvalue weighted by atomic mass is 9.73. The number of carbonyl (C=O) groups is 2. The van der Waals surface area contributed by atoms with E-state index in [1.54, 1.807) is 11.3 Å². The van der Waals surface area contributed by atoms with Crippen LogP contribution in [0.15, 0.2) is 115 Å². The molecule has 4 aromatic carbocycles. The van der Waals surface area contributed by atoms with Gasteiger partial charge in [0.25, 0.3) is 11.7 Å². The third kappa shape index (κ3) is 5.11. The molecule has 0 spiro atoms. The van der Waals surface area contributed by atoms with Crippen LogP contribution in [0, 0.1) is 5.41 Å². The molecule has 2 aromatic heterocycles. The van der Waals surface area contributed by atoms with E-state index >= 15 is 0 Å². The van der Waals surface area contributed by atoms with Gasteiger partial charge in [0.2, 0.25) is 10.5 Å². The number of Topliss-reactive ketones (excluding diaryl/α,β-unsaturated/α-hetero) is 1. The number of benzene rings is 4. The number of primary amides is 1. The Bertz CT molecular complexity index is 1940. The zero-order valence-corrected chi connectivity index (χ0v) is 26.7. The van der Waals surface area contributed by atoms with Crippen molar-refractivity contribution in [3.05, 3.63) is 132 Å². The molecule has 44 heavy (non-hydrogen) atoms. The summed E-state index contributed by atoms with van der Waals surface area (Å²) >= 11 is 1.57. The molecule has 2 atom stereocenters. The Labute approximate surface area is 264 Å². The van der Waals surface area contributed by atoms with Crippen molar-refractivity contribution in [2.24, 2.45) is 11.1 Å². The van der Waals surface area contributed by atoms with Crippen LogP contribution in [0.2, 0.25) is 0 Å². The smallest absolute Gasteiger partial charge is 0.289 e. The number of aromatic nitrogens is 1. The predicted molar refractivity (Wildman–Crippen MR) is 180 cm³/mol. The van der Waals surface area contributed by atoms with Gasteiger partial charge in [-0.25, -0.2) is 0 Å². The van der Waals surface area contributed by atoms with Crippen LogP contribution < -0.4 is 5.73 Å². The highest BCUT2D eigenvalue weighted by atomic mass is 32.1. The Morgan fingerprint density at radius 2 is 1.48 bits per heavy atom. The first-order valence-electron chi connectivity index (χ1n) is 14.6. The van der Waals surface area contributed by atoms with E-state index < -0.39 is 17.4 Å². The fourth-order valence-corrected chi connectivity index (χ4v) is 7.84. The van der Waals surface area contributed by atoms with Gasteiger partial charge in [0.05, 0.1) is 21.7 Å². The Kier molecular flexibility index (Phi) is 7.88. The first kappa shape index (κ1) is 29.8. The summed E-state index contributed by atoms with van der Waals surface area (Å²) in [5, 5.41) is 1.68. The average molecular weight is 614 g/mol. The van der Waals surface area contributed by atoms with E-state index in [-0.39, 0.29) is 16.9 Å². The van der Waals surface area contributed by atoms with E-state index in [0.29, 0.717) is 11.1 Å². The largest absolute Gasteiger partial charge is 0.392 e. The summed E-state index contributed by atoms with van der Waals surface area (Å²) in [7, 11) is 3.63. The van der Waals surface area contributed by atoms with Crippen LogP contribution in [-0.4, -0.2) is 26.7 Å². The first-order valence-corrected chi connectivity index (χ1v) is 15.8. The Hall–Kier alpha value is -4.30. The maximum atomic E-state index is 13.9. The molecule has 3 radical (unpaired) electrons. The van der Waals surface area contributed by atoms with Crippen molar-refractivity contribution in [2.45, 2.75) is 38.8 Å². The second-order valence-electron chi connectivity index (χ2n) is 12.3. The lowest BCUT2D eigenvalue weighted by molar-refractivity contribution is -0.114. The number of para-hydroxylation sites is 1. The van der Waals surface area contributed by atoms with E-state index in [4.69, 9.17) is 10.2 Å². The molecule has 0 bridgehead atoms. The minimum absolute atomic E-state index is 0.113. The molecule has 2 N–H and O–H groups in total. The summed E-state index contributed by atoms with van der Waals surface area (Å²) in [4.78, 5) is 27.4. The van der Waals surface area contributed by atoms with Crippen molar-refractivity contribution in [1.29, 1.82) is 0 Å². The second kappa shape index (κ2) is 11.7. The number of rotatable bonds is 9. The van der Waals surface area contributed by atoms with Gasteiger partial charge < -0.3 is 14.7 Å². The maximum absolute atomic E-state index is 13.9. The average Bonchev–Trinajstić information content (AvgIpc) is 3.61. The Balaban J connectivity index is 1.84. The molecule has 2 heterocycles. The van der Waals surface area contributed by atoms with E-state index in [0.717, 1.165) is 38.0 Å². The standard InChI is InChI=1S/C37H33N2O3SSi/c1-36(2,3)23-28(24-14-6-4-7-15-24)37(42-44,26-17-8-5-9-18-26)39-29-20-12-11-19-27(29)32(34(40)35(38)41)33(39)31-22-25-16-10-13-21-30(25)43-31/h4-22,28H,23H2,1-3H3,(H2,38,41). The van der Waals surface area contributed by atoms with E-state index in [9.17, 15) is 9.59 Å². The van der Waals surface area contributed by atoms with E-state index in [1.807, 2.05) is 72.8 Å². The van der Waals surface area contributed by atoms with E-state index in [2.05, 4.69) is 78.3 Å². The zero-order chi connectivity index (χ0) is 31.1. The number of amides is 1. The molecular weight excluding hydrogens is 581 g/mol. The van der Waals surface area contributed by atoms with Crippen molar-refractivity contribution < 1.29 is 14.0 Å². The van der Waals surface area contributed by atoms with Crippen molar-refractivity contribution in [3.8, 4) is 10.6 Å². The van der Waals surface area contributed by atoms with Gasteiger partial charge >= 0.3 is 0 Å². The molecule has 0 fully saturated rings. The SMILES string of the molecule is CC(C)(C)CC(c1ccccc1)C(O[Si])(c1ccccc1)n1c(-c2cc3ccccc3s2)c(C(=O)C(N)=O)c2ccccc21. The zero-order valence-electron chi connectivity index (χ0n) is 24.9. The third-order valence-corrected chi connectivity index (χ3v) is 9.58. The fraction of sp³-hybridized carbons (Fsp3) is 0.189. The van der Waals surface area contributed by atoms with Crippen molar-refractivity contribution in [2.75, 3.05) is 0 Å². The third-order valence-electron chi connectivity index (χ3n) is 8.15. The minimum Gasteiger partial charge on any atom is -0.392 e. The summed E-state index contributed by atoms with van der Waals surface area (Å²) in [6.07, 6.45) is 0.730. The fourth-order valence-electron chi connectivity index (χ4n) is 6.39.